The van der Waals surface area contributed by atoms with E-state index in [1.807, 2.05) is 0 Å². The normalized spacial score (nSPS) is 10.1. The second kappa shape index (κ2) is 9.46. The van der Waals surface area contributed by atoms with Crippen molar-refractivity contribution in [3.63, 3.8) is 0 Å². The van der Waals surface area contributed by atoms with E-state index in [-0.39, 0.29) is 17.6 Å². The molecule has 0 spiro atoms. The van der Waals surface area contributed by atoms with Crippen LogP contribution in [0, 0.1) is 0 Å². The summed E-state index contributed by atoms with van der Waals surface area (Å²) in [4.78, 5) is 29.3. The number of pyridine rings is 1. The van der Waals surface area contributed by atoms with Crippen LogP contribution in [-0.4, -0.2) is 39.0 Å². The molecule has 3 amide bonds. The highest BCUT2D eigenvalue weighted by molar-refractivity contribution is 6.17. The van der Waals surface area contributed by atoms with Crippen molar-refractivity contribution in [1.82, 2.24) is 10.3 Å². The number of nitrogens with zero attached hydrogens (tertiary/aromatic N) is 2. The molecular formula is C21H20BN5O3. The predicted molar refractivity (Wildman–Crippen MR) is 117 cm³/mol. The lowest BCUT2D eigenvalue weighted by atomic mass is 10.2. The Bertz CT molecular complexity index is 1020. The zero-order valence-corrected chi connectivity index (χ0v) is 16.5. The summed E-state index contributed by atoms with van der Waals surface area (Å²) < 4.78 is 5.74. The number of benzene rings is 2. The minimum absolute atomic E-state index is 0.260. The molecule has 30 heavy (non-hydrogen) atoms. The summed E-state index contributed by atoms with van der Waals surface area (Å²) in [6, 6.07) is 16.8. The zero-order valence-electron chi connectivity index (χ0n) is 16.5. The van der Waals surface area contributed by atoms with Gasteiger partial charge in [-0.05, 0) is 61.6 Å². The maximum absolute atomic E-state index is 12.2. The molecule has 150 valence electrons. The second-order valence-corrected chi connectivity index (χ2v) is 6.32. The van der Waals surface area contributed by atoms with Crippen LogP contribution in [0.1, 0.15) is 10.5 Å². The Morgan fingerprint density at radius 3 is 2.10 bits per heavy atom. The number of rotatable bonds is 6. The van der Waals surface area contributed by atoms with E-state index >= 15 is 0 Å². The van der Waals surface area contributed by atoms with Crippen molar-refractivity contribution in [2.75, 3.05) is 29.5 Å². The average Bonchev–Trinajstić information content (AvgIpc) is 2.75. The Balaban J connectivity index is 1.57. The third-order valence-electron chi connectivity index (χ3n) is 4.07. The van der Waals surface area contributed by atoms with E-state index in [4.69, 9.17) is 12.7 Å². The number of hydrogen-bond acceptors (Lipinski definition) is 5. The minimum atomic E-state index is -0.373. The maximum atomic E-state index is 12.2. The fourth-order valence-corrected chi connectivity index (χ4v) is 2.54. The minimum Gasteiger partial charge on any atom is -0.457 e. The summed E-state index contributed by atoms with van der Waals surface area (Å²) in [7, 11) is 8.93. The molecule has 0 bridgehead atoms. The number of carbonyl (C=O) groups is 2. The topological polar surface area (TPSA) is 95.6 Å². The number of nitrogens with one attached hydrogen (secondary N) is 3. The molecule has 1 aromatic heterocycles. The maximum Gasteiger partial charge on any atom is 0.323 e. The van der Waals surface area contributed by atoms with Gasteiger partial charge in [0.25, 0.3) is 5.91 Å². The quantitative estimate of drug-likeness (QED) is 0.551. The van der Waals surface area contributed by atoms with Crippen LogP contribution in [0.3, 0.4) is 0 Å². The van der Waals surface area contributed by atoms with Crippen LogP contribution < -0.4 is 25.5 Å². The van der Waals surface area contributed by atoms with Crippen LogP contribution in [0.5, 0.6) is 11.5 Å². The fourth-order valence-electron chi connectivity index (χ4n) is 2.54. The first-order valence-corrected chi connectivity index (χ1v) is 9.07. The van der Waals surface area contributed by atoms with E-state index in [9.17, 15) is 9.59 Å². The molecule has 0 aliphatic carbocycles. The van der Waals surface area contributed by atoms with Crippen molar-refractivity contribution < 1.29 is 14.3 Å². The molecule has 0 saturated heterocycles. The van der Waals surface area contributed by atoms with Gasteiger partial charge in [0, 0.05) is 36.4 Å². The van der Waals surface area contributed by atoms with Crippen LogP contribution in [0.15, 0.2) is 66.9 Å². The van der Waals surface area contributed by atoms with Crippen molar-refractivity contribution in [2.24, 2.45) is 0 Å². The monoisotopic (exact) mass is 401 g/mol. The first-order chi connectivity index (χ1) is 14.4. The highest BCUT2D eigenvalue weighted by atomic mass is 16.5. The van der Waals surface area contributed by atoms with Gasteiger partial charge >= 0.3 is 6.03 Å². The molecule has 0 fully saturated rings. The van der Waals surface area contributed by atoms with Crippen LogP contribution in [0.25, 0.3) is 0 Å². The fraction of sp³-hybridized carbons (Fsp3) is 0.0952. The van der Waals surface area contributed by atoms with Crippen molar-refractivity contribution in [2.45, 2.75) is 0 Å². The van der Waals surface area contributed by atoms with E-state index < -0.39 is 0 Å². The average molecular weight is 401 g/mol. The van der Waals surface area contributed by atoms with Gasteiger partial charge in [-0.1, -0.05) is 0 Å². The molecule has 8 nitrogen and oxygen atoms in total. The number of aromatic nitrogens is 1. The molecule has 3 N–H and O–H groups in total. The molecular weight excluding hydrogens is 381 g/mol. The molecule has 3 rings (SSSR count). The molecule has 0 saturated carbocycles. The Kier molecular flexibility index (Phi) is 6.54. The lowest BCUT2D eigenvalue weighted by Crippen LogP contribution is -2.19. The van der Waals surface area contributed by atoms with Crippen molar-refractivity contribution >= 4 is 37.0 Å². The number of amides is 3. The Morgan fingerprint density at radius 2 is 1.53 bits per heavy atom. The van der Waals surface area contributed by atoms with Gasteiger partial charge in [0.15, 0.2) is 0 Å². The van der Waals surface area contributed by atoms with Crippen molar-refractivity contribution in [3.05, 3.63) is 72.6 Å². The standard InChI is InChI=1S/C21H20BN5O3/c1-23-20(28)19-13-18(11-12-24-19)30-17-9-5-15(6-10-17)26-21(29)25-14-3-7-16(8-4-14)27(2)22/h3-13H,1-2H3,(H,23,28)(H2,25,26,29). The lowest BCUT2D eigenvalue weighted by molar-refractivity contribution is 0.0958. The molecule has 0 unspecified atom stereocenters. The van der Waals surface area contributed by atoms with Gasteiger partial charge < -0.3 is 25.5 Å². The van der Waals surface area contributed by atoms with Gasteiger partial charge in [-0.25, -0.2) is 4.79 Å². The van der Waals surface area contributed by atoms with Gasteiger partial charge in [0.1, 0.15) is 17.2 Å². The number of hydrogen-bond donors (Lipinski definition) is 3. The van der Waals surface area contributed by atoms with Gasteiger partial charge in [-0.3, -0.25) is 9.78 Å². The smallest absolute Gasteiger partial charge is 0.323 e. The van der Waals surface area contributed by atoms with E-state index in [1.165, 1.54) is 18.1 Å². The molecule has 2 radical (unpaired) electrons. The Labute approximate surface area is 175 Å². The van der Waals surface area contributed by atoms with Crippen LogP contribution in [-0.2, 0) is 0 Å². The number of carbonyl (C=O) groups excluding carboxylic acids is 2. The number of anilines is 3. The molecule has 3 aromatic rings. The Morgan fingerprint density at radius 1 is 0.933 bits per heavy atom. The van der Waals surface area contributed by atoms with Crippen LogP contribution in [0.2, 0.25) is 0 Å². The first kappa shape index (κ1) is 20.7. The summed E-state index contributed by atoms with van der Waals surface area (Å²) in [5.74, 6) is 0.737. The van der Waals surface area contributed by atoms with E-state index in [0.29, 0.717) is 22.9 Å². The largest absolute Gasteiger partial charge is 0.457 e. The summed E-state index contributed by atoms with van der Waals surface area (Å²) in [6.45, 7) is 0. The summed E-state index contributed by atoms with van der Waals surface area (Å²) in [5, 5.41) is 8.01. The van der Waals surface area contributed by atoms with Crippen LogP contribution in [0.4, 0.5) is 21.9 Å². The molecule has 1 heterocycles. The van der Waals surface area contributed by atoms with E-state index in [0.717, 1.165) is 5.69 Å². The Hall–Kier alpha value is -4.01. The van der Waals surface area contributed by atoms with E-state index in [2.05, 4.69) is 20.9 Å². The van der Waals surface area contributed by atoms with Gasteiger partial charge in [-0.15, -0.1) is 0 Å². The molecule has 9 heteroatoms. The predicted octanol–water partition coefficient (Wildman–Crippen LogP) is 3.40. The first-order valence-electron chi connectivity index (χ1n) is 9.07. The van der Waals surface area contributed by atoms with Gasteiger partial charge in [0.2, 0.25) is 7.98 Å². The van der Waals surface area contributed by atoms with Gasteiger partial charge in [0.05, 0.1) is 0 Å². The third-order valence-corrected chi connectivity index (χ3v) is 4.07. The number of urea groups is 1. The van der Waals surface area contributed by atoms with Gasteiger partial charge in [-0.2, -0.15) is 0 Å². The highest BCUT2D eigenvalue weighted by Gasteiger charge is 2.07. The van der Waals surface area contributed by atoms with Crippen molar-refractivity contribution in [3.8, 4) is 11.5 Å². The third kappa shape index (κ3) is 5.51. The zero-order chi connectivity index (χ0) is 21.5. The lowest BCUT2D eigenvalue weighted by Gasteiger charge is -2.14. The summed E-state index contributed by atoms with van der Waals surface area (Å²) in [5.41, 5.74) is 2.32. The summed E-state index contributed by atoms with van der Waals surface area (Å²) >= 11 is 0. The number of ether oxygens (including phenoxy) is 1. The van der Waals surface area contributed by atoms with Crippen LogP contribution >= 0.6 is 0 Å². The van der Waals surface area contributed by atoms with Crippen molar-refractivity contribution in [1.29, 1.82) is 0 Å². The second-order valence-electron chi connectivity index (χ2n) is 6.32. The molecule has 0 atom stereocenters. The molecule has 0 aliphatic heterocycles. The van der Waals surface area contributed by atoms with E-state index in [1.54, 1.807) is 67.7 Å². The highest BCUT2D eigenvalue weighted by Crippen LogP contribution is 2.23. The molecule has 0 aliphatic rings. The summed E-state index contributed by atoms with van der Waals surface area (Å²) in [6.07, 6.45) is 1.50. The molecule has 2 aromatic carbocycles. The SMILES string of the molecule is [B]N(C)c1ccc(NC(=O)Nc2ccc(Oc3ccnc(C(=O)NC)c3)cc2)cc1.